The van der Waals surface area contributed by atoms with Gasteiger partial charge in [-0.25, -0.2) is 4.79 Å². The van der Waals surface area contributed by atoms with Crippen molar-refractivity contribution >= 4 is 17.6 Å². The Kier molecular flexibility index (Phi) is 4.37. The molecule has 1 saturated heterocycles. The van der Waals surface area contributed by atoms with Gasteiger partial charge < -0.3 is 4.90 Å². The second kappa shape index (κ2) is 6.03. The molecule has 0 aromatic rings. The van der Waals surface area contributed by atoms with Gasteiger partial charge in [-0.3, -0.25) is 9.63 Å². The summed E-state index contributed by atoms with van der Waals surface area (Å²) in [6.07, 6.45) is 4.85. The van der Waals surface area contributed by atoms with Crippen molar-refractivity contribution in [2.45, 2.75) is 33.6 Å². The molecule has 0 radical (unpaired) electrons. The molecule has 1 amide bonds. The fourth-order valence-electron chi connectivity index (χ4n) is 2.28. The molecule has 0 atom stereocenters. The molecule has 1 aliphatic carbocycles. The Labute approximate surface area is 119 Å². The monoisotopic (exact) mass is 276 g/mol. The normalized spacial score (nSPS) is 21.3. The molecule has 0 aromatic heterocycles. The molecule has 108 valence electrons. The third-order valence-corrected chi connectivity index (χ3v) is 3.54. The molecule has 2 rings (SSSR count). The molecule has 1 heterocycles. The quantitative estimate of drug-likeness (QED) is 0.442. The van der Waals surface area contributed by atoms with Gasteiger partial charge in [0, 0.05) is 18.7 Å². The first kappa shape index (κ1) is 14.5. The summed E-state index contributed by atoms with van der Waals surface area (Å²) in [5.41, 5.74) is 1.95. The predicted molar refractivity (Wildman–Crippen MR) is 76.4 cm³/mol. The number of ketones is 1. The second-order valence-electron chi connectivity index (χ2n) is 5.47. The van der Waals surface area contributed by atoms with E-state index in [1.165, 1.54) is 6.08 Å². The predicted octanol–water partition coefficient (Wildman–Crippen LogP) is 2.69. The van der Waals surface area contributed by atoms with Crippen LogP contribution in [0.25, 0.3) is 0 Å². The second-order valence-corrected chi connectivity index (χ2v) is 5.47. The van der Waals surface area contributed by atoms with E-state index in [4.69, 9.17) is 4.84 Å². The van der Waals surface area contributed by atoms with Gasteiger partial charge in [-0.2, -0.15) is 0 Å². The number of hydrogen-bond donors (Lipinski definition) is 0. The first-order chi connectivity index (χ1) is 9.49. The van der Waals surface area contributed by atoms with Crippen molar-refractivity contribution in [3.05, 3.63) is 23.3 Å². The van der Waals surface area contributed by atoms with Crippen LogP contribution in [0.5, 0.6) is 0 Å². The van der Waals surface area contributed by atoms with E-state index in [9.17, 15) is 9.59 Å². The van der Waals surface area contributed by atoms with Gasteiger partial charge in [0.15, 0.2) is 5.78 Å². The largest absolute Gasteiger partial charge is 0.435 e. The van der Waals surface area contributed by atoms with Gasteiger partial charge in [-0.1, -0.05) is 19.0 Å². The summed E-state index contributed by atoms with van der Waals surface area (Å²) in [5.74, 6) is 0.119. The number of amides is 1. The van der Waals surface area contributed by atoms with Gasteiger partial charge >= 0.3 is 6.09 Å². The lowest BCUT2D eigenvalue weighted by atomic mass is 9.90. The summed E-state index contributed by atoms with van der Waals surface area (Å²) < 4.78 is 0. The molecule has 0 spiro atoms. The Morgan fingerprint density at radius 3 is 2.55 bits per heavy atom. The van der Waals surface area contributed by atoms with E-state index in [-0.39, 0.29) is 11.7 Å². The zero-order valence-electron chi connectivity index (χ0n) is 12.2. The van der Waals surface area contributed by atoms with Gasteiger partial charge in [-0.15, -0.1) is 0 Å². The van der Waals surface area contributed by atoms with Gasteiger partial charge in [0.05, 0.1) is 0 Å². The Hall–Kier alpha value is -1.91. The van der Waals surface area contributed by atoms with Gasteiger partial charge in [-0.05, 0) is 43.4 Å². The summed E-state index contributed by atoms with van der Waals surface area (Å²) in [4.78, 5) is 30.2. The summed E-state index contributed by atoms with van der Waals surface area (Å²) in [6.45, 7) is 7.14. The van der Waals surface area contributed by atoms with Crippen LogP contribution >= 0.6 is 0 Å². The maximum Gasteiger partial charge on any atom is 0.435 e. The number of carbonyl (C=O) groups is 2. The minimum atomic E-state index is -0.417. The molecule has 5 nitrogen and oxygen atoms in total. The smallest absolute Gasteiger partial charge is 0.306 e. The van der Waals surface area contributed by atoms with E-state index in [2.05, 4.69) is 5.16 Å². The maximum atomic E-state index is 11.8. The van der Waals surface area contributed by atoms with Crippen molar-refractivity contribution in [2.75, 3.05) is 13.1 Å². The molecule has 0 N–H and O–H groups in total. The van der Waals surface area contributed by atoms with E-state index in [0.29, 0.717) is 16.9 Å². The summed E-state index contributed by atoms with van der Waals surface area (Å²) in [7, 11) is 0. The van der Waals surface area contributed by atoms with Crippen LogP contribution in [-0.4, -0.2) is 35.6 Å². The Morgan fingerprint density at radius 2 is 1.95 bits per heavy atom. The third-order valence-electron chi connectivity index (χ3n) is 3.54. The first-order valence-corrected chi connectivity index (χ1v) is 6.97. The molecule has 0 aromatic carbocycles. The van der Waals surface area contributed by atoms with Gasteiger partial charge in [0.25, 0.3) is 0 Å². The van der Waals surface area contributed by atoms with Crippen molar-refractivity contribution in [3.63, 3.8) is 0 Å². The summed E-state index contributed by atoms with van der Waals surface area (Å²) >= 11 is 0. The molecule has 2 aliphatic rings. The van der Waals surface area contributed by atoms with Crippen molar-refractivity contribution in [1.82, 2.24) is 4.90 Å². The van der Waals surface area contributed by atoms with Gasteiger partial charge in [0.2, 0.25) is 0 Å². The molecule has 0 saturated carbocycles. The van der Waals surface area contributed by atoms with Crippen LogP contribution in [0.3, 0.4) is 0 Å². The summed E-state index contributed by atoms with van der Waals surface area (Å²) in [6, 6.07) is 0. The Bertz CT molecular complexity index is 509. The van der Waals surface area contributed by atoms with Crippen LogP contribution in [0.4, 0.5) is 4.79 Å². The van der Waals surface area contributed by atoms with Crippen molar-refractivity contribution < 1.29 is 14.4 Å². The zero-order chi connectivity index (χ0) is 14.7. The molecular formula is C15H20N2O3. The minimum absolute atomic E-state index is 0.00215. The maximum absolute atomic E-state index is 11.8. The van der Waals surface area contributed by atoms with Crippen molar-refractivity contribution in [2.24, 2.45) is 11.1 Å². The average Bonchev–Trinajstić information content (AvgIpc) is 2.90. The fraction of sp³-hybridized carbons (Fsp3) is 0.533. The molecule has 1 fully saturated rings. The van der Waals surface area contributed by atoms with E-state index < -0.39 is 6.09 Å². The highest BCUT2D eigenvalue weighted by Gasteiger charge is 2.22. The first-order valence-electron chi connectivity index (χ1n) is 6.97. The summed E-state index contributed by atoms with van der Waals surface area (Å²) in [5, 5.41) is 3.90. The fourth-order valence-corrected chi connectivity index (χ4v) is 2.28. The number of allylic oxidation sites excluding steroid dienone is 4. The molecule has 0 bridgehead atoms. The molecule has 5 heteroatoms. The number of likely N-dealkylation sites (tertiary alicyclic amines) is 1. The number of carbonyl (C=O) groups excluding carboxylic acids is 2. The lowest BCUT2D eigenvalue weighted by Crippen LogP contribution is -2.27. The lowest BCUT2D eigenvalue weighted by molar-refractivity contribution is -0.111. The highest BCUT2D eigenvalue weighted by Crippen LogP contribution is 2.19. The number of nitrogens with zero attached hydrogens (tertiary/aromatic N) is 2. The molecule has 20 heavy (non-hydrogen) atoms. The van der Waals surface area contributed by atoms with E-state index >= 15 is 0 Å². The van der Waals surface area contributed by atoms with Gasteiger partial charge in [0.1, 0.15) is 5.71 Å². The van der Waals surface area contributed by atoms with Crippen LogP contribution in [0, 0.1) is 5.92 Å². The topological polar surface area (TPSA) is 59.0 Å². The van der Waals surface area contributed by atoms with E-state index in [0.717, 1.165) is 25.9 Å². The van der Waals surface area contributed by atoms with Crippen molar-refractivity contribution in [3.8, 4) is 0 Å². The number of oxime groups is 1. The van der Waals surface area contributed by atoms with Crippen LogP contribution in [0.1, 0.15) is 33.6 Å². The lowest BCUT2D eigenvalue weighted by Gasteiger charge is -2.15. The number of rotatable bonds is 2. The Balaban J connectivity index is 2.09. The van der Waals surface area contributed by atoms with E-state index in [1.807, 2.05) is 13.8 Å². The number of hydrogen-bond acceptors (Lipinski definition) is 4. The van der Waals surface area contributed by atoms with Crippen LogP contribution < -0.4 is 0 Å². The highest BCUT2D eigenvalue weighted by molar-refractivity contribution is 6.21. The average molecular weight is 276 g/mol. The zero-order valence-corrected chi connectivity index (χ0v) is 12.2. The van der Waals surface area contributed by atoms with E-state index in [1.54, 1.807) is 17.9 Å². The molecule has 1 aliphatic heterocycles. The SMILES string of the molecule is CC1=CC(=O)C(C(C)C)=C/C1=N\OC(=O)N1CCCC1. The van der Waals surface area contributed by atoms with Crippen molar-refractivity contribution in [1.29, 1.82) is 0 Å². The molecular weight excluding hydrogens is 256 g/mol. The molecule has 0 unspecified atom stereocenters. The minimum Gasteiger partial charge on any atom is -0.306 e. The van der Waals surface area contributed by atoms with Crippen LogP contribution in [0.2, 0.25) is 0 Å². The van der Waals surface area contributed by atoms with Crippen LogP contribution in [-0.2, 0) is 9.63 Å². The Morgan fingerprint density at radius 1 is 1.30 bits per heavy atom. The third kappa shape index (κ3) is 3.15. The standard InChI is InChI=1S/C15H20N2O3/c1-10(2)12-9-13(11(3)8-14(12)18)16-20-15(19)17-6-4-5-7-17/h8-10H,4-7H2,1-3H3/b16-13+. The van der Waals surface area contributed by atoms with Crippen LogP contribution in [0.15, 0.2) is 28.5 Å². The highest BCUT2D eigenvalue weighted by atomic mass is 16.7.